The van der Waals surface area contributed by atoms with Crippen LogP contribution in [0, 0.1) is 6.92 Å². The van der Waals surface area contributed by atoms with Crippen LogP contribution in [0.2, 0.25) is 0 Å². The van der Waals surface area contributed by atoms with E-state index in [1.807, 2.05) is 6.92 Å². The van der Waals surface area contributed by atoms with Gasteiger partial charge in [-0.2, -0.15) is 4.31 Å². The summed E-state index contributed by atoms with van der Waals surface area (Å²) in [7, 11) is -2.18. The molecule has 18 heavy (non-hydrogen) atoms. The third kappa shape index (κ3) is 3.51. The van der Waals surface area contributed by atoms with Gasteiger partial charge < -0.3 is 5.73 Å². The first-order chi connectivity index (χ1) is 8.16. The molecular weight excluding hydrogens is 404 g/mol. The third-order valence-corrected chi connectivity index (χ3v) is 6.03. The first-order valence-corrected chi connectivity index (χ1v) is 8.30. The quantitative estimate of drug-likeness (QED) is 0.767. The second-order valence-corrected chi connectivity index (χ2v) is 8.01. The zero-order valence-corrected chi connectivity index (χ0v) is 14.6. The van der Waals surface area contributed by atoms with Gasteiger partial charge in [0, 0.05) is 16.0 Å². The third-order valence-electron chi connectivity index (χ3n) is 2.28. The highest BCUT2D eigenvalue weighted by Crippen LogP contribution is 2.30. The van der Waals surface area contributed by atoms with Crippen LogP contribution >= 0.6 is 44.1 Å². The van der Waals surface area contributed by atoms with Crippen molar-refractivity contribution in [2.24, 2.45) is 5.73 Å². The Labute approximate surface area is 129 Å². The van der Waals surface area contributed by atoms with E-state index in [0.717, 1.165) is 14.3 Å². The monoisotopic (exact) mass is 414 g/mol. The highest BCUT2D eigenvalue weighted by Gasteiger charge is 2.24. The van der Waals surface area contributed by atoms with Gasteiger partial charge in [-0.15, -0.1) is 0 Å². The van der Waals surface area contributed by atoms with Crippen LogP contribution in [-0.2, 0) is 10.0 Å². The first-order valence-electron chi connectivity index (χ1n) is 4.86. The molecule has 0 atom stereocenters. The van der Waals surface area contributed by atoms with Gasteiger partial charge in [-0.3, -0.25) is 0 Å². The molecule has 4 nitrogen and oxygen atoms in total. The Morgan fingerprint density at radius 3 is 2.44 bits per heavy atom. The fourth-order valence-corrected chi connectivity index (χ4v) is 4.36. The van der Waals surface area contributed by atoms with Gasteiger partial charge in [-0.05, 0) is 40.5 Å². The minimum absolute atomic E-state index is 0.00953. The van der Waals surface area contributed by atoms with Gasteiger partial charge in [0.1, 0.15) is 0 Å². The van der Waals surface area contributed by atoms with Crippen LogP contribution in [0.1, 0.15) is 5.56 Å². The molecule has 0 aliphatic rings. The SMILES string of the molecule is Cc1cc(Br)c(S(=O)(=O)N(C)CC(N)=S)cc1Br. The van der Waals surface area contributed by atoms with E-state index in [2.05, 4.69) is 31.9 Å². The molecule has 1 aromatic rings. The van der Waals surface area contributed by atoms with Gasteiger partial charge in [0.15, 0.2) is 0 Å². The number of hydrogen-bond donors (Lipinski definition) is 1. The van der Waals surface area contributed by atoms with E-state index in [1.165, 1.54) is 7.05 Å². The minimum atomic E-state index is -3.62. The summed E-state index contributed by atoms with van der Waals surface area (Å²) in [5.41, 5.74) is 6.31. The molecule has 1 rings (SSSR count). The maximum absolute atomic E-state index is 12.3. The van der Waals surface area contributed by atoms with Crippen molar-refractivity contribution >= 4 is 59.1 Å². The smallest absolute Gasteiger partial charge is 0.244 e. The molecule has 0 fully saturated rings. The summed E-state index contributed by atoms with van der Waals surface area (Å²) in [4.78, 5) is 0.307. The van der Waals surface area contributed by atoms with E-state index in [0.29, 0.717) is 4.47 Å². The largest absolute Gasteiger partial charge is 0.392 e. The lowest BCUT2D eigenvalue weighted by Crippen LogP contribution is -2.34. The van der Waals surface area contributed by atoms with E-state index in [9.17, 15) is 8.42 Å². The van der Waals surface area contributed by atoms with Crippen LogP contribution in [0.4, 0.5) is 0 Å². The number of rotatable bonds is 4. The van der Waals surface area contributed by atoms with Gasteiger partial charge in [-0.25, -0.2) is 8.42 Å². The lowest BCUT2D eigenvalue weighted by Gasteiger charge is -2.18. The molecule has 0 aromatic heterocycles. The number of nitrogens with two attached hydrogens (primary N) is 1. The molecule has 8 heteroatoms. The van der Waals surface area contributed by atoms with Crippen molar-refractivity contribution < 1.29 is 8.42 Å². The van der Waals surface area contributed by atoms with Crippen molar-refractivity contribution in [1.82, 2.24) is 4.31 Å². The summed E-state index contributed by atoms with van der Waals surface area (Å²) in [5.74, 6) is 0. The second kappa shape index (κ2) is 5.96. The molecular formula is C10H12Br2N2O2S2. The molecule has 0 saturated carbocycles. The molecule has 0 amide bonds. The van der Waals surface area contributed by atoms with Crippen LogP contribution < -0.4 is 5.73 Å². The molecule has 0 unspecified atom stereocenters. The lowest BCUT2D eigenvalue weighted by atomic mass is 10.2. The highest BCUT2D eigenvalue weighted by molar-refractivity contribution is 9.11. The van der Waals surface area contributed by atoms with E-state index in [4.69, 9.17) is 18.0 Å². The Hall–Kier alpha value is -0.0200. The number of hydrogen-bond acceptors (Lipinski definition) is 3. The van der Waals surface area contributed by atoms with Crippen LogP contribution in [0.5, 0.6) is 0 Å². The van der Waals surface area contributed by atoms with Crippen molar-refractivity contribution in [2.75, 3.05) is 13.6 Å². The topological polar surface area (TPSA) is 63.4 Å². The average molecular weight is 416 g/mol. The number of thiocarbonyl (C=S) groups is 1. The number of halogens is 2. The summed E-state index contributed by atoms with van der Waals surface area (Å²) < 4.78 is 27.0. The van der Waals surface area contributed by atoms with Crippen LogP contribution in [0.15, 0.2) is 26.0 Å². The summed E-state index contributed by atoms with van der Waals surface area (Å²) in [6.45, 7) is 1.89. The van der Waals surface area contributed by atoms with Crippen LogP contribution in [0.25, 0.3) is 0 Å². The lowest BCUT2D eigenvalue weighted by molar-refractivity contribution is 0.505. The number of nitrogens with zero attached hydrogens (tertiary/aromatic N) is 1. The number of sulfonamides is 1. The van der Waals surface area contributed by atoms with Crippen molar-refractivity contribution in [1.29, 1.82) is 0 Å². The Balaban J connectivity index is 3.29. The summed E-state index contributed by atoms with van der Waals surface area (Å²) in [6, 6.07) is 3.30. The zero-order valence-electron chi connectivity index (χ0n) is 9.78. The number of benzene rings is 1. The normalized spacial score (nSPS) is 11.8. The Kier molecular flexibility index (Phi) is 5.31. The van der Waals surface area contributed by atoms with Gasteiger partial charge in [-0.1, -0.05) is 28.1 Å². The number of aryl methyl sites for hydroxylation is 1. The van der Waals surface area contributed by atoms with Gasteiger partial charge in [0.05, 0.1) is 16.4 Å². The maximum Gasteiger partial charge on any atom is 0.244 e. The standard InChI is InChI=1S/C10H12Br2N2O2S2/c1-6-3-8(12)9(4-7(6)11)18(15,16)14(2)5-10(13)17/h3-4H,5H2,1-2H3,(H2,13,17). The summed E-state index contributed by atoms with van der Waals surface area (Å²) in [5, 5.41) is 0. The zero-order chi connectivity index (χ0) is 14.1. The molecule has 0 aliphatic heterocycles. The molecule has 0 radical (unpaired) electrons. The molecule has 100 valence electrons. The molecule has 2 N–H and O–H groups in total. The van der Waals surface area contributed by atoms with E-state index in [1.54, 1.807) is 12.1 Å². The van der Waals surface area contributed by atoms with Crippen molar-refractivity contribution in [3.63, 3.8) is 0 Å². The molecule has 0 saturated heterocycles. The maximum atomic E-state index is 12.3. The van der Waals surface area contributed by atoms with E-state index < -0.39 is 10.0 Å². The van der Waals surface area contributed by atoms with Crippen molar-refractivity contribution in [3.8, 4) is 0 Å². The Bertz CT molecular complexity index is 588. The van der Waals surface area contributed by atoms with Gasteiger partial charge >= 0.3 is 0 Å². The van der Waals surface area contributed by atoms with Crippen LogP contribution in [0.3, 0.4) is 0 Å². The molecule has 0 aliphatic carbocycles. The molecule has 0 bridgehead atoms. The fraction of sp³-hybridized carbons (Fsp3) is 0.300. The molecule has 0 heterocycles. The second-order valence-electron chi connectivity index (χ2n) is 3.76. The average Bonchev–Trinajstić information content (AvgIpc) is 2.22. The predicted octanol–water partition coefficient (Wildman–Crippen LogP) is 2.43. The van der Waals surface area contributed by atoms with Crippen LogP contribution in [-0.4, -0.2) is 31.3 Å². The highest BCUT2D eigenvalue weighted by atomic mass is 79.9. The molecule has 1 aromatic carbocycles. The Morgan fingerprint density at radius 2 is 1.94 bits per heavy atom. The summed E-state index contributed by atoms with van der Waals surface area (Å²) in [6.07, 6.45) is 0. The Morgan fingerprint density at radius 1 is 1.39 bits per heavy atom. The van der Waals surface area contributed by atoms with Gasteiger partial charge in [0.2, 0.25) is 10.0 Å². The number of likely N-dealkylation sites (N-methyl/N-ethyl adjacent to an activating group) is 1. The van der Waals surface area contributed by atoms with Crippen molar-refractivity contribution in [2.45, 2.75) is 11.8 Å². The van der Waals surface area contributed by atoms with Gasteiger partial charge in [0.25, 0.3) is 0 Å². The minimum Gasteiger partial charge on any atom is -0.392 e. The van der Waals surface area contributed by atoms with E-state index >= 15 is 0 Å². The first kappa shape index (κ1) is 16.0. The molecule has 0 spiro atoms. The summed E-state index contributed by atoms with van der Waals surface area (Å²) >= 11 is 11.3. The van der Waals surface area contributed by atoms with Crippen molar-refractivity contribution in [3.05, 3.63) is 26.6 Å². The van der Waals surface area contributed by atoms with E-state index in [-0.39, 0.29) is 16.4 Å². The predicted molar refractivity (Wildman–Crippen MR) is 83.2 cm³/mol. The fourth-order valence-electron chi connectivity index (χ4n) is 1.30.